The first-order valence-electron chi connectivity index (χ1n) is 8.64. The van der Waals surface area contributed by atoms with Crippen molar-refractivity contribution in [3.8, 4) is 0 Å². The van der Waals surface area contributed by atoms with Crippen LogP contribution in [0, 0.1) is 0 Å². The molecule has 1 aliphatic carbocycles. The van der Waals surface area contributed by atoms with Gasteiger partial charge in [-0.3, -0.25) is 4.90 Å². The Labute approximate surface area is 129 Å². The quantitative estimate of drug-likeness (QED) is 0.913. The third-order valence-corrected chi connectivity index (χ3v) is 5.57. The van der Waals surface area contributed by atoms with Gasteiger partial charge >= 0.3 is 0 Å². The van der Waals surface area contributed by atoms with Crippen molar-refractivity contribution in [1.29, 1.82) is 0 Å². The molecule has 2 nitrogen and oxygen atoms in total. The number of rotatable bonds is 3. The maximum Gasteiger partial charge on any atom is 0.0309 e. The predicted octanol–water partition coefficient (Wildman–Crippen LogP) is 3.62. The molecule has 0 aromatic heterocycles. The zero-order valence-electron chi connectivity index (χ0n) is 13.7. The fourth-order valence-electron chi connectivity index (χ4n) is 4.00. The largest absolute Gasteiger partial charge is 0.308 e. The maximum absolute atomic E-state index is 3.91. The van der Waals surface area contributed by atoms with Gasteiger partial charge < -0.3 is 5.32 Å². The summed E-state index contributed by atoms with van der Waals surface area (Å²) in [6.07, 6.45) is 8.13. The Balaban J connectivity index is 1.65. The minimum Gasteiger partial charge on any atom is -0.308 e. The molecule has 1 aromatic rings. The number of nitrogens with zero attached hydrogens (tertiary/aromatic N) is 1. The molecule has 21 heavy (non-hydrogen) atoms. The summed E-state index contributed by atoms with van der Waals surface area (Å²) in [4.78, 5) is 2.74. The number of nitrogens with one attached hydrogen (secondary N) is 1. The standard InChI is InChI=1S/C19H30N2/c1-18(2)15-20-19(12-7-4-8-13-19)16-21(18)14-11-17-9-5-3-6-10-17/h3,5-6,9-10,20H,4,7-8,11-16H2,1-2H3. The van der Waals surface area contributed by atoms with Crippen LogP contribution in [0.1, 0.15) is 51.5 Å². The molecule has 1 aliphatic heterocycles. The monoisotopic (exact) mass is 286 g/mol. The molecule has 116 valence electrons. The summed E-state index contributed by atoms with van der Waals surface area (Å²) >= 11 is 0. The van der Waals surface area contributed by atoms with E-state index in [9.17, 15) is 0 Å². The van der Waals surface area contributed by atoms with Gasteiger partial charge in [0, 0.05) is 30.7 Å². The molecule has 0 atom stereocenters. The highest BCUT2D eigenvalue weighted by Gasteiger charge is 2.42. The van der Waals surface area contributed by atoms with Crippen LogP contribution in [0.4, 0.5) is 0 Å². The van der Waals surface area contributed by atoms with Crippen LogP contribution in [0.5, 0.6) is 0 Å². The number of hydrogen-bond acceptors (Lipinski definition) is 2. The van der Waals surface area contributed by atoms with E-state index in [2.05, 4.69) is 54.4 Å². The lowest BCUT2D eigenvalue weighted by molar-refractivity contribution is 0.0117. The van der Waals surface area contributed by atoms with Gasteiger partial charge in [-0.2, -0.15) is 0 Å². The van der Waals surface area contributed by atoms with Crippen LogP contribution in [-0.4, -0.2) is 35.6 Å². The van der Waals surface area contributed by atoms with E-state index >= 15 is 0 Å². The van der Waals surface area contributed by atoms with Crippen LogP contribution >= 0.6 is 0 Å². The van der Waals surface area contributed by atoms with Crippen LogP contribution in [0.2, 0.25) is 0 Å². The maximum atomic E-state index is 3.91. The Hall–Kier alpha value is -0.860. The summed E-state index contributed by atoms with van der Waals surface area (Å²) in [7, 11) is 0. The third kappa shape index (κ3) is 3.49. The second-order valence-electron chi connectivity index (χ2n) is 7.66. The van der Waals surface area contributed by atoms with Crippen LogP contribution in [0.15, 0.2) is 30.3 Å². The topological polar surface area (TPSA) is 15.3 Å². The van der Waals surface area contributed by atoms with E-state index in [4.69, 9.17) is 0 Å². The molecule has 2 fully saturated rings. The van der Waals surface area contributed by atoms with E-state index in [0.29, 0.717) is 5.54 Å². The Morgan fingerprint density at radius 3 is 2.48 bits per heavy atom. The Morgan fingerprint density at radius 1 is 1.05 bits per heavy atom. The molecule has 1 N–H and O–H groups in total. The van der Waals surface area contributed by atoms with Crippen LogP contribution in [-0.2, 0) is 6.42 Å². The number of piperazine rings is 1. The SMILES string of the molecule is CC1(C)CNC2(CCCCC2)CN1CCc1ccccc1. The van der Waals surface area contributed by atoms with E-state index in [1.807, 2.05) is 0 Å². The van der Waals surface area contributed by atoms with Gasteiger partial charge in [0.25, 0.3) is 0 Å². The minimum absolute atomic E-state index is 0.275. The van der Waals surface area contributed by atoms with E-state index in [1.54, 1.807) is 0 Å². The van der Waals surface area contributed by atoms with Crippen molar-refractivity contribution in [2.75, 3.05) is 19.6 Å². The molecule has 1 spiro atoms. The van der Waals surface area contributed by atoms with Crippen LogP contribution in [0.3, 0.4) is 0 Å². The lowest BCUT2D eigenvalue weighted by Gasteiger charge is -2.53. The number of hydrogen-bond donors (Lipinski definition) is 1. The average Bonchev–Trinajstić information content (AvgIpc) is 2.51. The first kappa shape index (κ1) is 15.1. The molecule has 0 radical (unpaired) electrons. The summed E-state index contributed by atoms with van der Waals surface area (Å²) in [5.41, 5.74) is 2.15. The van der Waals surface area contributed by atoms with Gasteiger partial charge in [0.05, 0.1) is 0 Å². The predicted molar refractivity (Wildman–Crippen MR) is 89.6 cm³/mol. The van der Waals surface area contributed by atoms with Gasteiger partial charge in [0.2, 0.25) is 0 Å². The fourth-order valence-corrected chi connectivity index (χ4v) is 4.00. The smallest absolute Gasteiger partial charge is 0.0309 e. The summed E-state index contributed by atoms with van der Waals surface area (Å²) in [5, 5.41) is 3.91. The van der Waals surface area contributed by atoms with Crippen LogP contribution < -0.4 is 5.32 Å². The molecule has 2 heteroatoms. The highest BCUT2D eigenvalue weighted by Crippen LogP contribution is 2.34. The van der Waals surface area contributed by atoms with Crippen LogP contribution in [0.25, 0.3) is 0 Å². The van der Waals surface area contributed by atoms with Gasteiger partial charge in [-0.05, 0) is 38.7 Å². The number of benzene rings is 1. The molecule has 2 aliphatic rings. The van der Waals surface area contributed by atoms with E-state index < -0.39 is 0 Å². The van der Waals surface area contributed by atoms with Crippen molar-refractivity contribution >= 4 is 0 Å². The molecule has 0 unspecified atom stereocenters. The van der Waals surface area contributed by atoms with Crippen molar-refractivity contribution in [3.63, 3.8) is 0 Å². The molecule has 0 amide bonds. The van der Waals surface area contributed by atoms with Crippen molar-refractivity contribution in [3.05, 3.63) is 35.9 Å². The zero-order valence-corrected chi connectivity index (χ0v) is 13.7. The van der Waals surface area contributed by atoms with Crippen molar-refractivity contribution < 1.29 is 0 Å². The highest BCUT2D eigenvalue weighted by molar-refractivity contribution is 5.15. The molecule has 1 saturated carbocycles. The third-order valence-electron chi connectivity index (χ3n) is 5.57. The zero-order chi connectivity index (χ0) is 14.8. The Morgan fingerprint density at radius 2 is 1.76 bits per heavy atom. The van der Waals surface area contributed by atoms with Crippen molar-refractivity contribution in [2.24, 2.45) is 0 Å². The van der Waals surface area contributed by atoms with E-state index in [-0.39, 0.29) is 5.54 Å². The fraction of sp³-hybridized carbons (Fsp3) is 0.684. The van der Waals surface area contributed by atoms with Gasteiger partial charge in [0.15, 0.2) is 0 Å². The lowest BCUT2D eigenvalue weighted by atomic mass is 9.77. The van der Waals surface area contributed by atoms with E-state index in [0.717, 1.165) is 6.54 Å². The Kier molecular flexibility index (Phi) is 4.37. The minimum atomic E-state index is 0.275. The highest BCUT2D eigenvalue weighted by atomic mass is 15.3. The molecule has 1 heterocycles. The molecular formula is C19H30N2. The lowest BCUT2D eigenvalue weighted by Crippen LogP contribution is -2.68. The van der Waals surface area contributed by atoms with Gasteiger partial charge in [-0.1, -0.05) is 49.6 Å². The summed E-state index contributed by atoms with van der Waals surface area (Å²) in [6.45, 7) is 8.32. The van der Waals surface area contributed by atoms with E-state index in [1.165, 1.54) is 57.2 Å². The van der Waals surface area contributed by atoms with Gasteiger partial charge in [-0.25, -0.2) is 0 Å². The molecular weight excluding hydrogens is 256 g/mol. The molecule has 1 saturated heterocycles. The molecule has 1 aromatic carbocycles. The summed E-state index contributed by atoms with van der Waals surface area (Å²) < 4.78 is 0. The molecule has 0 bridgehead atoms. The normalized spacial score (nSPS) is 25.0. The van der Waals surface area contributed by atoms with Gasteiger partial charge in [0.1, 0.15) is 0 Å². The second kappa shape index (κ2) is 6.10. The first-order valence-corrected chi connectivity index (χ1v) is 8.64. The summed E-state index contributed by atoms with van der Waals surface area (Å²) in [6, 6.07) is 10.9. The van der Waals surface area contributed by atoms with Gasteiger partial charge in [-0.15, -0.1) is 0 Å². The van der Waals surface area contributed by atoms with Crippen molar-refractivity contribution in [2.45, 2.75) is 63.5 Å². The molecule has 3 rings (SSSR count). The first-order chi connectivity index (χ1) is 10.1. The summed E-state index contributed by atoms with van der Waals surface area (Å²) in [5.74, 6) is 0. The average molecular weight is 286 g/mol. The van der Waals surface area contributed by atoms with Crippen molar-refractivity contribution in [1.82, 2.24) is 10.2 Å². The Bertz CT molecular complexity index is 446. The second-order valence-corrected chi connectivity index (χ2v) is 7.66.